The molecule has 1 aromatic rings. The maximum absolute atomic E-state index is 15.4. The van der Waals surface area contributed by atoms with E-state index in [1.807, 2.05) is 43.1 Å². The number of aromatic nitrogens is 2. The van der Waals surface area contributed by atoms with E-state index < -0.39 is 11.7 Å². The van der Waals surface area contributed by atoms with Crippen LogP contribution in [-0.4, -0.2) is 84.2 Å². The molecule has 0 aromatic carbocycles. The summed E-state index contributed by atoms with van der Waals surface area (Å²) < 4.78 is 37.0. The van der Waals surface area contributed by atoms with Crippen molar-refractivity contribution in [1.82, 2.24) is 14.9 Å². The van der Waals surface area contributed by atoms with E-state index in [0.717, 1.165) is 77.1 Å². The Morgan fingerprint density at radius 3 is 2.47 bits per heavy atom. The third-order valence-electron chi connectivity index (χ3n) is 8.55. The number of allylic oxidation sites excluding steroid dienone is 6. The van der Waals surface area contributed by atoms with Crippen molar-refractivity contribution in [2.45, 2.75) is 117 Å². The van der Waals surface area contributed by atoms with Crippen molar-refractivity contribution in [2.24, 2.45) is 16.6 Å². The van der Waals surface area contributed by atoms with E-state index in [2.05, 4.69) is 59.6 Å². The Labute approximate surface area is 330 Å². The fourth-order valence-corrected chi connectivity index (χ4v) is 5.59. The van der Waals surface area contributed by atoms with Gasteiger partial charge in [0, 0.05) is 59.7 Å². The van der Waals surface area contributed by atoms with Crippen LogP contribution in [-0.2, 0) is 17.1 Å². The van der Waals surface area contributed by atoms with Crippen LogP contribution in [0.2, 0.25) is 0 Å². The molecule has 0 saturated carbocycles. The maximum Gasteiger partial charge on any atom is 0.306 e. The van der Waals surface area contributed by atoms with Crippen molar-refractivity contribution >= 4 is 18.4 Å². The van der Waals surface area contributed by atoms with Gasteiger partial charge in [0.2, 0.25) is 11.7 Å². The largest absolute Gasteiger partial charge is 0.481 e. The lowest BCUT2D eigenvalue weighted by Crippen LogP contribution is -2.38. The van der Waals surface area contributed by atoms with Crippen molar-refractivity contribution in [2.75, 3.05) is 45.7 Å². The summed E-state index contributed by atoms with van der Waals surface area (Å²) in [4.78, 5) is 26.8. The topological polar surface area (TPSA) is 146 Å². The molecule has 2 atom stereocenters. The Morgan fingerprint density at radius 2 is 1.87 bits per heavy atom. The highest BCUT2D eigenvalue weighted by atomic mass is 19.3. The molecule has 2 unspecified atom stereocenters. The number of fused-ring (bicyclic) bond motifs is 1. The SMILES string of the molecule is C#C.C#C/C=C\C(C)=C(/CN)N=C.CCCCCNc1nc(C(F)(F)CCCCCC(=O)N2CCCC(C)C2)nc2c1OC(CC)/C=C\C=C/C2.CO.CO. The van der Waals surface area contributed by atoms with Gasteiger partial charge in [0.25, 0.3) is 0 Å². The number of alkyl halides is 2. The van der Waals surface area contributed by atoms with Crippen LogP contribution in [0.3, 0.4) is 0 Å². The number of piperidine rings is 1. The normalized spacial score (nSPS) is 17.6. The number of halogens is 2. The lowest BCUT2D eigenvalue weighted by molar-refractivity contribution is -0.133. The molecule has 3 rings (SSSR count). The number of anilines is 1. The number of likely N-dealkylation sites (tertiary alicyclic amines) is 1. The van der Waals surface area contributed by atoms with E-state index in [1.165, 1.54) is 0 Å². The number of rotatable bonds is 16. The summed E-state index contributed by atoms with van der Waals surface area (Å²) in [6.45, 7) is 14.3. The van der Waals surface area contributed by atoms with Gasteiger partial charge in [-0.3, -0.25) is 9.79 Å². The Morgan fingerprint density at radius 1 is 1.16 bits per heavy atom. The van der Waals surface area contributed by atoms with Gasteiger partial charge in [-0.25, -0.2) is 9.97 Å². The molecule has 12 heteroatoms. The first-order chi connectivity index (χ1) is 26.6. The van der Waals surface area contributed by atoms with E-state index in [0.29, 0.717) is 68.4 Å². The number of ether oxygens (including phenoxy) is 1. The molecule has 0 aliphatic carbocycles. The number of unbranched alkanes of at least 4 members (excludes halogenated alkanes) is 4. The summed E-state index contributed by atoms with van der Waals surface area (Å²) in [6, 6.07) is 0. The summed E-state index contributed by atoms with van der Waals surface area (Å²) in [6.07, 6.45) is 31.9. The second kappa shape index (κ2) is 33.0. The molecule has 3 heterocycles. The van der Waals surface area contributed by atoms with Crippen LogP contribution in [0.15, 0.2) is 52.7 Å². The number of hydrogen-bond donors (Lipinski definition) is 4. The second-order valence-electron chi connectivity index (χ2n) is 12.7. The van der Waals surface area contributed by atoms with Gasteiger partial charge in [-0.15, -0.1) is 19.3 Å². The third-order valence-corrected chi connectivity index (χ3v) is 8.55. The van der Waals surface area contributed by atoms with Gasteiger partial charge in [-0.2, -0.15) is 8.78 Å². The zero-order chi connectivity index (χ0) is 42.1. The third kappa shape index (κ3) is 21.4. The number of carbonyl (C=O) groups excluding carboxylic acids is 1. The molecular formula is C43H68F2N6O4. The first-order valence-corrected chi connectivity index (χ1v) is 19.1. The van der Waals surface area contributed by atoms with Gasteiger partial charge in [0.05, 0.1) is 11.4 Å². The predicted octanol–water partition coefficient (Wildman–Crippen LogP) is 7.78. The molecule has 0 radical (unpaired) electrons. The van der Waals surface area contributed by atoms with Crippen LogP contribution in [0.1, 0.15) is 110 Å². The average molecular weight is 771 g/mol. The number of nitrogens with two attached hydrogens (primary N) is 1. The first kappa shape index (κ1) is 52.7. The lowest BCUT2D eigenvalue weighted by Gasteiger charge is -2.31. The zero-order valence-corrected chi connectivity index (χ0v) is 34.2. The molecule has 2 aliphatic rings. The lowest BCUT2D eigenvalue weighted by atomic mass is 9.99. The van der Waals surface area contributed by atoms with Gasteiger partial charge in [0.15, 0.2) is 11.6 Å². The van der Waals surface area contributed by atoms with E-state index in [9.17, 15) is 4.79 Å². The van der Waals surface area contributed by atoms with Crippen molar-refractivity contribution in [3.63, 3.8) is 0 Å². The average Bonchev–Trinajstić information content (AvgIpc) is 3.31. The minimum atomic E-state index is -3.16. The molecule has 10 nitrogen and oxygen atoms in total. The Kier molecular flexibility index (Phi) is 31.7. The van der Waals surface area contributed by atoms with E-state index in [4.69, 9.17) is 27.1 Å². The highest BCUT2D eigenvalue weighted by Crippen LogP contribution is 2.37. The number of nitrogens with one attached hydrogen (secondary N) is 1. The van der Waals surface area contributed by atoms with Crippen LogP contribution >= 0.6 is 0 Å². The van der Waals surface area contributed by atoms with Gasteiger partial charge >= 0.3 is 5.92 Å². The summed E-state index contributed by atoms with van der Waals surface area (Å²) in [5, 5.41) is 17.3. The summed E-state index contributed by atoms with van der Waals surface area (Å²) in [7, 11) is 2.00. The van der Waals surface area contributed by atoms with Crippen molar-refractivity contribution in [3.05, 3.63) is 59.2 Å². The molecule has 1 fully saturated rings. The van der Waals surface area contributed by atoms with E-state index in [-0.39, 0.29) is 18.4 Å². The Balaban J connectivity index is 0. The van der Waals surface area contributed by atoms with Crippen LogP contribution in [0, 0.1) is 31.1 Å². The molecule has 308 valence electrons. The molecule has 0 spiro atoms. The monoisotopic (exact) mass is 771 g/mol. The maximum atomic E-state index is 15.4. The minimum Gasteiger partial charge on any atom is -0.481 e. The summed E-state index contributed by atoms with van der Waals surface area (Å²) in [5.41, 5.74) is 7.59. The van der Waals surface area contributed by atoms with Gasteiger partial charge in [-0.05, 0) is 81.9 Å². The second-order valence-corrected chi connectivity index (χ2v) is 12.7. The van der Waals surface area contributed by atoms with Gasteiger partial charge < -0.3 is 30.9 Å². The number of aliphatic imine (C=N–C) groups is 1. The Hall–Kier alpha value is -4.36. The number of hydrogen-bond acceptors (Lipinski definition) is 9. The smallest absolute Gasteiger partial charge is 0.306 e. The Bertz CT molecular complexity index is 1400. The van der Waals surface area contributed by atoms with E-state index in [1.54, 1.807) is 12.2 Å². The van der Waals surface area contributed by atoms with Gasteiger partial charge in [0.1, 0.15) is 6.10 Å². The molecule has 5 N–H and O–H groups in total. The van der Waals surface area contributed by atoms with Crippen LogP contribution in [0.5, 0.6) is 5.75 Å². The molecule has 1 aromatic heterocycles. The number of aliphatic hydroxyl groups excluding tert-OH is 2. The molecular weight excluding hydrogens is 703 g/mol. The fourth-order valence-electron chi connectivity index (χ4n) is 5.59. The molecule has 1 saturated heterocycles. The van der Waals surface area contributed by atoms with E-state index >= 15 is 8.78 Å². The summed E-state index contributed by atoms with van der Waals surface area (Å²) in [5.74, 6) is 0.276. The molecule has 1 amide bonds. The fraction of sp³-hybridized carbons (Fsp3) is 0.581. The number of amides is 1. The number of aliphatic hydroxyl groups is 2. The number of nitrogens with zero attached hydrogens (tertiary/aromatic N) is 4. The van der Waals surface area contributed by atoms with Crippen molar-refractivity contribution in [3.8, 4) is 30.9 Å². The first-order valence-electron chi connectivity index (χ1n) is 19.1. The predicted molar refractivity (Wildman–Crippen MR) is 224 cm³/mol. The molecule has 55 heavy (non-hydrogen) atoms. The quantitative estimate of drug-likeness (QED) is 0.0577. The highest BCUT2D eigenvalue weighted by Gasteiger charge is 2.36. The van der Waals surface area contributed by atoms with Crippen LogP contribution < -0.4 is 15.8 Å². The minimum absolute atomic E-state index is 0.149. The molecule has 0 bridgehead atoms. The highest BCUT2D eigenvalue weighted by molar-refractivity contribution is 5.76. The zero-order valence-electron chi connectivity index (χ0n) is 34.2. The summed E-state index contributed by atoms with van der Waals surface area (Å²) >= 11 is 0. The van der Waals surface area contributed by atoms with Crippen LogP contribution in [0.4, 0.5) is 14.6 Å². The van der Waals surface area contributed by atoms with Gasteiger partial charge in [-0.1, -0.05) is 64.2 Å². The standard InChI is InChI=1S/C30H46F2N4O2.C9H12N2.C2H2.2CH4O/c1-4-6-13-20-33-28-27-25(17-10-7-9-16-24(5-2)38-27)34-29(35-28)30(31,32)19-12-8-11-18-26(37)36-21-14-15-23(3)22-36;1-4-5-6-8(2)9(7-10)11-3;3*1-2/h7,9-10,16,23-24H,4-6,8,11-15,17-22H2,1-3H3,(H,33,34,35);1,5-6H,3,7,10H2,2H3;1-2H;2*2H,1H3/b10-7-,16-9-;6-5-,9-8+;;;. The number of terminal acetylenes is 2. The van der Waals surface area contributed by atoms with Crippen molar-refractivity contribution < 1.29 is 28.5 Å². The van der Waals surface area contributed by atoms with Crippen molar-refractivity contribution in [1.29, 1.82) is 0 Å². The number of carbonyl (C=O) groups is 1. The molecule has 2 aliphatic heterocycles. The van der Waals surface area contributed by atoms with Crippen LogP contribution in [0.25, 0.3) is 0 Å².